The first-order chi connectivity index (χ1) is 11.3. The summed E-state index contributed by atoms with van der Waals surface area (Å²) in [4.78, 5) is 0. The fourth-order valence-electron chi connectivity index (χ4n) is 2.69. The highest BCUT2D eigenvalue weighted by Crippen LogP contribution is 2.27. The van der Waals surface area contributed by atoms with Gasteiger partial charge in [-0.15, -0.1) is 0 Å². The maximum absolute atomic E-state index is 10.4. The van der Waals surface area contributed by atoms with E-state index < -0.39 is 6.10 Å². The molecule has 2 unspecified atom stereocenters. The lowest BCUT2D eigenvalue weighted by Crippen LogP contribution is -2.01. The standard InChI is InChI=1S/C21H17NO/c22-15-20(16-7-3-1-4-8-16)17-11-13-19(14-12-17)21(23)18-9-5-2-6-10-18/h1-14,20-21,23H. The highest BCUT2D eigenvalue weighted by Gasteiger charge is 2.15. The van der Waals surface area contributed by atoms with Crippen molar-refractivity contribution < 1.29 is 5.11 Å². The van der Waals surface area contributed by atoms with Gasteiger partial charge >= 0.3 is 0 Å². The zero-order valence-corrected chi connectivity index (χ0v) is 12.6. The van der Waals surface area contributed by atoms with Crippen LogP contribution in [0, 0.1) is 11.3 Å². The SMILES string of the molecule is N#CC(c1ccccc1)c1ccc(C(O)c2ccccc2)cc1. The summed E-state index contributed by atoms with van der Waals surface area (Å²) in [5.74, 6) is -0.292. The Morgan fingerprint density at radius 3 is 1.52 bits per heavy atom. The Balaban J connectivity index is 1.86. The molecule has 1 N–H and O–H groups in total. The number of nitrogens with zero attached hydrogens (tertiary/aromatic N) is 1. The molecule has 0 radical (unpaired) electrons. The third-order valence-electron chi connectivity index (χ3n) is 3.96. The topological polar surface area (TPSA) is 44.0 Å². The molecule has 0 heterocycles. The maximum atomic E-state index is 10.4. The third kappa shape index (κ3) is 3.31. The monoisotopic (exact) mass is 299 g/mol. The van der Waals surface area contributed by atoms with Crippen LogP contribution in [0.5, 0.6) is 0 Å². The van der Waals surface area contributed by atoms with Gasteiger partial charge in [0.1, 0.15) is 6.10 Å². The van der Waals surface area contributed by atoms with Crippen molar-refractivity contribution in [3.63, 3.8) is 0 Å². The van der Waals surface area contributed by atoms with Crippen molar-refractivity contribution in [3.8, 4) is 6.07 Å². The normalized spacial score (nSPS) is 13.0. The Morgan fingerprint density at radius 2 is 1.00 bits per heavy atom. The Labute approximate surface area is 136 Å². The van der Waals surface area contributed by atoms with E-state index in [9.17, 15) is 10.4 Å². The molecule has 0 aromatic heterocycles. The molecule has 2 heteroatoms. The molecular formula is C21H17NO. The van der Waals surface area contributed by atoms with E-state index in [4.69, 9.17) is 0 Å². The summed E-state index contributed by atoms with van der Waals surface area (Å²) in [6.07, 6.45) is -0.650. The quantitative estimate of drug-likeness (QED) is 0.774. The van der Waals surface area contributed by atoms with Crippen LogP contribution < -0.4 is 0 Å². The molecule has 0 aliphatic heterocycles. The number of aliphatic hydroxyl groups is 1. The number of hydrogen-bond donors (Lipinski definition) is 1. The predicted octanol–water partition coefficient (Wildman–Crippen LogP) is 4.42. The highest BCUT2D eigenvalue weighted by molar-refractivity contribution is 5.40. The Bertz CT molecular complexity index is 789. The summed E-state index contributed by atoms with van der Waals surface area (Å²) in [6, 6.07) is 29.3. The van der Waals surface area contributed by atoms with Gasteiger partial charge in [-0.05, 0) is 22.3 Å². The zero-order chi connectivity index (χ0) is 16.1. The Hall–Kier alpha value is -2.89. The molecule has 0 saturated heterocycles. The summed E-state index contributed by atoms with van der Waals surface area (Å²) < 4.78 is 0. The fraction of sp³-hybridized carbons (Fsp3) is 0.0952. The molecule has 23 heavy (non-hydrogen) atoms. The molecule has 0 aliphatic rings. The number of aliphatic hydroxyl groups excluding tert-OH is 1. The van der Waals surface area contributed by atoms with Crippen molar-refractivity contribution in [2.75, 3.05) is 0 Å². The molecule has 0 bridgehead atoms. The van der Waals surface area contributed by atoms with E-state index in [1.807, 2.05) is 84.9 Å². The summed E-state index contributed by atoms with van der Waals surface area (Å²) in [7, 11) is 0. The second-order valence-electron chi connectivity index (χ2n) is 5.45. The Morgan fingerprint density at radius 1 is 0.609 bits per heavy atom. The molecule has 112 valence electrons. The van der Waals surface area contributed by atoms with Crippen molar-refractivity contribution in [1.82, 2.24) is 0 Å². The predicted molar refractivity (Wildman–Crippen MR) is 90.8 cm³/mol. The average molecular weight is 299 g/mol. The van der Waals surface area contributed by atoms with Crippen LogP contribution in [0.3, 0.4) is 0 Å². The Kier molecular flexibility index (Phi) is 4.52. The van der Waals surface area contributed by atoms with Crippen LogP contribution in [0.25, 0.3) is 0 Å². The van der Waals surface area contributed by atoms with E-state index in [2.05, 4.69) is 6.07 Å². The van der Waals surface area contributed by atoms with Crippen LogP contribution in [0.1, 0.15) is 34.3 Å². The number of rotatable bonds is 4. The smallest absolute Gasteiger partial charge is 0.104 e. The number of benzene rings is 3. The highest BCUT2D eigenvalue weighted by atomic mass is 16.3. The number of nitriles is 1. The van der Waals surface area contributed by atoms with Gasteiger partial charge in [0.25, 0.3) is 0 Å². The van der Waals surface area contributed by atoms with Gasteiger partial charge in [0.05, 0.1) is 12.0 Å². The van der Waals surface area contributed by atoms with Gasteiger partial charge in [-0.3, -0.25) is 0 Å². The minimum absolute atomic E-state index is 0.292. The largest absolute Gasteiger partial charge is 0.384 e. The summed E-state index contributed by atoms with van der Waals surface area (Å²) in [5.41, 5.74) is 3.60. The first-order valence-electron chi connectivity index (χ1n) is 7.57. The molecule has 0 saturated carbocycles. The van der Waals surface area contributed by atoms with E-state index in [0.717, 1.165) is 22.3 Å². The van der Waals surface area contributed by atoms with Gasteiger partial charge in [-0.25, -0.2) is 0 Å². The molecule has 3 rings (SSSR count). The lowest BCUT2D eigenvalue weighted by atomic mass is 9.91. The van der Waals surface area contributed by atoms with E-state index in [1.54, 1.807) is 0 Å². The van der Waals surface area contributed by atoms with Gasteiger partial charge in [-0.1, -0.05) is 84.9 Å². The average Bonchev–Trinajstić information content (AvgIpc) is 2.64. The van der Waals surface area contributed by atoms with Crippen molar-refractivity contribution in [3.05, 3.63) is 107 Å². The van der Waals surface area contributed by atoms with Gasteiger partial charge in [-0.2, -0.15) is 5.26 Å². The molecular weight excluding hydrogens is 282 g/mol. The van der Waals surface area contributed by atoms with Gasteiger partial charge in [0.15, 0.2) is 0 Å². The second-order valence-corrected chi connectivity index (χ2v) is 5.45. The molecule has 2 atom stereocenters. The van der Waals surface area contributed by atoms with E-state index >= 15 is 0 Å². The molecule has 0 fully saturated rings. The van der Waals surface area contributed by atoms with Crippen molar-refractivity contribution >= 4 is 0 Å². The summed E-state index contributed by atoms with van der Waals surface area (Å²) in [5, 5.41) is 19.9. The second kappa shape index (κ2) is 6.91. The molecule has 3 aromatic carbocycles. The summed E-state index contributed by atoms with van der Waals surface area (Å²) in [6.45, 7) is 0. The van der Waals surface area contributed by atoms with Gasteiger partial charge in [0, 0.05) is 0 Å². The van der Waals surface area contributed by atoms with Gasteiger partial charge in [0.2, 0.25) is 0 Å². The van der Waals surface area contributed by atoms with E-state index in [1.165, 1.54) is 0 Å². The van der Waals surface area contributed by atoms with Crippen LogP contribution in [0.15, 0.2) is 84.9 Å². The van der Waals surface area contributed by atoms with Crippen molar-refractivity contribution in [2.24, 2.45) is 0 Å². The van der Waals surface area contributed by atoms with Gasteiger partial charge < -0.3 is 5.11 Å². The first-order valence-corrected chi connectivity index (χ1v) is 7.57. The van der Waals surface area contributed by atoms with Crippen molar-refractivity contribution in [1.29, 1.82) is 5.26 Å². The molecule has 2 nitrogen and oxygen atoms in total. The fourth-order valence-corrected chi connectivity index (χ4v) is 2.69. The third-order valence-corrected chi connectivity index (χ3v) is 3.96. The van der Waals surface area contributed by atoms with E-state index in [0.29, 0.717) is 0 Å². The van der Waals surface area contributed by atoms with Crippen molar-refractivity contribution in [2.45, 2.75) is 12.0 Å². The van der Waals surface area contributed by atoms with Crippen LogP contribution in [-0.4, -0.2) is 5.11 Å². The molecule has 3 aromatic rings. The van der Waals surface area contributed by atoms with E-state index in [-0.39, 0.29) is 5.92 Å². The minimum Gasteiger partial charge on any atom is -0.384 e. The lowest BCUT2D eigenvalue weighted by molar-refractivity contribution is 0.220. The zero-order valence-electron chi connectivity index (χ0n) is 12.6. The van der Waals surface area contributed by atoms with Crippen LogP contribution in [0.4, 0.5) is 0 Å². The van der Waals surface area contributed by atoms with Crippen LogP contribution in [-0.2, 0) is 0 Å². The molecule has 0 amide bonds. The minimum atomic E-state index is -0.650. The number of hydrogen-bond acceptors (Lipinski definition) is 2. The van der Waals surface area contributed by atoms with Crippen LogP contribution >= 0.6 is 0 Å². The molecule has 0 spiro atoms. The van der Waals surface area contributed by atoms with Crippen LogP contribution in [0.2, 0.25) is 0 Å². The maximum Gasteiger partial charge on any atom is 0.104 e. The lowest BCUT2D eigenvalue weighted by Gasteiger charge is -2.14. The first kappa shape index (κ1) is 15.0. The molecule has 0 aliphatic carbocycles. The summed E-state index contributed by atoms with van der Waals surface area (Å²) >= 11 is 0.